The molecule has 25 heavy (non-hydrogen) atoms. The molecule has 2 aromatic heterocycles. The zero-order valence-electron chi connectivity index (χ0n) is 14.0. The van der Waals surface area contributed by atoms with E-state index < -0.39 is 0 Å². The largest absolute Gasteiger partial charge is 0.492 e. The van der Waals surface area contributed by atoms with Crippen LogP contribution in [0.2, 0.25) is 0 Å². The molecule has 0 unspecified atom stereocenters. The number of ether oxygens (including phenoxy) is 1. The first kappa shape index (κ1) is 16.4. The fourth-order valence-electron chi connectivity index (χ4n) is 3.47. The lowest BCUT2D eigenvalue weighted by molar-refractivity contribution is -0.0764. The van der Waals surface area contributed by atoms with Crippen molar-refractivity contribution in [3.63, 3.8) is 0 Å². The number of halogens is 1. The van der Waals surface area contributed by atoms with Gasteiger partial charge in [-0.15, -0.1) is 0 Å². The second kappa shape index (κ2) is 6.36. The van der Waals surface area contributed by atoms with Crippen LogP contribution in [0.25, 0.3) is 4.96 Å². The van der Waals surface area contributed by atoms with Crippen LogP contribution in [-0.4, -0.2) is 49.9 Å². The van der Waals surface area contributed by atoms with Crippen molar-refractivity contribution in [2.75, 3.05) is 13.1 Å². The number of fused-ring (bicyclic) bond motifs is 1. The number of nitrogens with zero attached hydrogens (tertiary/aromatic N) is 4. The van der Waals surface area contributed by atoms with Crippen molar-refractivity contribution in [3.05, 3.63) is 46.9 Å². The SMILES string of the molecule is C[C@@H]1CN([C@H](c2ccc(F)cc2)c2sc3ncnn3c2O)C[C@@H](C)O1. The van der Waals surface area contributed by atoms with Gasteiger partial charge in [-0.3, -0.25) is 4.90 Å². The smallest absolute Gasteiger partial charge is 0.230 e. The first-order valence-electron chi connectivity index (χ1n) is 8.19. The molecule has 3 atom stereocenters. The van der Waals surface area contributed by atoms with Gasteiger partial charge in [0.25, 0.3) is 0 Å². The molecule has 8 heteroatoms. The van der Waals surface area contributed by atoms with E-state index in [9.17, 15) is 9.50 Å². The van der Waals surface area contributed by atoms with E-state index in [2.05, 4.69) is 15.0 Å². The van der Waals surface area contributed by atoms with Gasteiger partial charge in [0, 0.05) is 13.1 Å². The number of aromatic hydroxyl groups is 1. The maximum atomic E-state index is 13.4. The third kappa shape index (κ3) is 3.01. The highest BCUT2D eigenvalue weighted by Gasteiger charge is 2.33. The molecular formula is C17H19FN4O2S. The lowest BCUT2D eigenvalue weighted by Crippen LogP contribution is -2.47. The molecule has 3 heterocycles. The number of morpholine rings is 1. The summed E-state index contributed by atoms with van der Waals surface area (Å²) in [6.07, 6.45) is 1.58. The summed E-state index contributed by atoms with van der Waals surface area (Å²) >= 11 is 1.40. The van der Waals surface area contributed by atoms with E-state index in [1.807, 2.05) is 13.8 Å². The monoisotopic (exact) mass is 362 g/mol. The lowest BCUT2D eigenvalue weighted by atomic mass is 10.0. The molecule has 0 amide bonds. The summed E-state index contributed by atoms with van der Waals surface area (Å²) in [4.78, 5) is 7.82. The van der Waals surface area contributed by atoms with Crippen molar-refractivity contribution in [2.45, 2.75) is 32.1 Å². The standard InChI is InChI=1S/C17H19FN4O2S/c1-10-7-21(8-11(2)24-10)14(12-3-5-13(18)6-4-12)15-16(23)22-17(25-15)19-9-20-22/h3-6,9-11,14,23H,7-8H2,1-2H3/t10-,11-,14-/m1/s1. The van der Waals surface area contributed by atoms with E-state index >= 15 is 0 Å². The molecule has 0 radical (unpaired) electrons. The van der Waals surface area contributed by atoms with E-state index in [0.717, 1.165) is 23.5 Å². The van der Waals surface area contributed by atoms with Crippen molar-refractivity contribution >= 4 is 16.3 Å². The summed E-state index contributed by atoms with van der Waals surface area (Å²) in [5.41, 5.74) is 0.919. The van der Waals surface area contributed by atoms with Gasteiger partial charge in [0.2, 0.25) is 10.8 Å². The molecule has 1 aromatic carbocycles. The third-order valence-corrected chi connectivity index (χ3v) is 5.47. The van der Waals surface area contributed by atoms with Crippen molar-refractivity contribution in [2.24, 2.45) is 0 Å². The second-order valence-corrected chi connectivity index (χ2v) is 7.42. The van der Waals surface area contributed by atoms with Gasteiger partial charge in [-0.25, -0.2) is 9.37 Å². The van der Waals surface area contributed by atoms with Gasteiger partial charge < -0.3 is 9.84 Å². The number of aromatic nitrogens is 3. The Bertz CT molecular complexity index is 869. The van der Waals surface area contributed by atoms with Crippen molar-refractivity contribution < 1.29 is 14.2 Å². The molecule has 1 saturated heterocycles. The fraction of sp³-hybridized carbons (Fsp3) is 0.412. The first-order chi connectivity index (χ1) is 12.0. The van der Waals surface area contributed by atoms with Gasteiger partial charge in [0.15, 0.2) is 0 Å². The summed E-state index contributed by atoms with van der Waals surface area (Å²) in [7, 11) is 0. The van der Waals surface area contributed by atoms with Crippen LogP contribution in [0.1, 0.15) is 30.3 Å². The molecule has 4 rings (SSSR count). The Morgan fingerprint density at radius 3 is 2.56 bits per heavy atom. The van der Waals surface area contributed by atoms with E-state index in [4.69, 9.17) is 4.74 Å². The van der Waals surface area contributed by atoms with Gasteiger partial charge >= 0.3 is 0 Å². The lowest BCUT2D eigenvalue weighted by Gasteiger charge is -2.40. The molecule has 3 aromatic rings. The molecular weight excluding hydrogens is 343 g/mol. The molecule has 1 fully saturated rings. The van der Waals surface area contributed by atoms with Crippen LogP contribution in [0.15, 0.2) is 30.6 Å². The Balaban J connectivity index is 1.81. The maximum absolute atomic E-state index is 13.4. The minimum Gasteiger partial charge on any atom is -0.492 e. The Labute approximate surface area is 148 Å². The minimum absolute atomic E-state index is 0.0796. The molecule has 0 spiro atoms. The Hall–Kier alpha value is -2.03. The van der Waals surface area contributed by atoms with Crippen LogP contribution in [0.4, 0.5) is 4.39 Å². The predicted octanol–water partition coefficient (Wildman–Crippen LogP) is 2.83. The molecule has 0 bridgehead atoms. The summed E-state index contributed by atoms with van der Waals surface area (Å²) in [5.74, 6) is -0.197. The second-order valence-electron chi connectivity index (χ2n) is 6.41. The highest BCUT2D eigenvalue weighted by molar-refractivity contribution is 7.17. The van der Waals surface area contributed by atoms with Gasteiger partial charge in [-0.05, 0) is 31.5 Å². The predicted molar refractivity (Wildman–Crippen MR) is 92.4 cm³/mol. The zero-order chi connectivity index (χ0) is 17.6. The number of rotatable bonds is 3. The molecule has 0 aliphatic carbocycles. The van der Waals surface area contributed by atoms with Crippen LogP contribution in [0, 0.1) is 5.82 Å². The summed E-state index contributed by atoms with van der Waals surface area (Å²) in [6, 6.07) is 6.22. The van der Waals surface area contributed by atoms with E-state index in [1.54, 1.807) is 12.1 Å². The molecule has 1 aliphatic heterocycles. The highest BCUT2D eigenvalue weighted by Crippen LogP contribution is 2.40. The number of hydrogen-bond acceptors (Lipinski definition) is 6. The average Bonchev–Trinajstić information content (AvgIpc) is 3.13. The van der Waals surface area contributed by atoms with Crippen molar-refractivity contribution in [1.82, 2.24) is 19.5 Å². The maximum Gasteiger partial charge on any atom is 0.230 e. The molecule has 6 nitrogen and oxygen atoms in total. The van der Waals surface area contributed by atoms with Gasteiger partial charge in [-0.2, -0.15) is 9.61 Å². The van der Waals surface area contributed by atoms with E-state index in [-0.39, 0.29) is 29.9 Å². The average molecular weight is 362 g/mol. The van der Waals surface area contributed by atoms with Gasteiger partial charge in [0.05, 0.1) is 23.1 Å². The molecule has 132 valence electrons. The minimum atomic E-state index is -0.280. The summed E-state index contributed by atoms with van der Waals surface area (Å²) in [5, 5.41) is 14.7. The Morgan fingerprint density at radius 1 is 1.24 bits per heavy atom. The van der Waals surface area contributed by atoms with Gasteiger partial charge in [0.1, 0.15) is 12.1 Å². The molecule has 1 aliphatic rings. The van der Waals surface area contributed by atoms with E-state index in [0.29, 0.717) is 4.96 Å². The Kier molecular flexibility index (Phi) is 4.18. The van der Waals surface area contributed by atoms with Crippen LogP contribution >= 0.6 is 11.3 Å². The number of thiazole rings is 1. The van der Waals surface area contributed by atoms with Crippen LogP contribution < -0.4 is 0 Å². The van der Waals surface area contributed by atoms with Gasteiger partial charge in [-0.1, -0.05) is 23.5 Å². The topological polar surface area (TPSA) is 62.9 Å². The number of hydrogen-bond donors (Lipinski definition) is 1. The van der Waals surface area contributed by atoms with Crippen molar-refractivity contribution in [3.8, 4) is 5.88 Å². The van der Waals surface area contributed by atoms with Crippen LogP contribution in [-0.2, 0) is 4.74 Å². The fourth-order valence-corrected chi connectivity index (χ4v) is 4.56. The van der Waals surface area contributed by atoms with E-state index in [1.165, 1.54) is 34.3 Å². The summed E-state index contributed by atoms with van der Waals surface area (Å²) < 4.78 is 20.7. The quantitative estimate of drug-likeness (QED) is 0.776. The summed E-state index contributed by atoms with van der Waals surface area (Å²) in [6.45, 7) is 5.51. The zero-order valence-corrected chi connectivity index (χ0v) is 14.8. The highest BCUT2D eigenvalue weighted by atomic mass is 32.1. The Morgan fingerprint density at radius 2 is 1.92 bits per heavy atom. The first-order valence-corrected chi connectivity index (χ1v) is 9.01. The third-order valence-electron chi connectivity index (χ3n) is 4.39. The molecule has 0 saturated carbocycles. The number of benzene rings is 1. The van der Waals surface area contributed by atoms with Crippen LogP contribution in [0.5, 0.6) is 5.88 Å². The normalized spacial score (nSPS) is 23.2. The van der Waals surface area contributed by atoms with Crippen molar-refractivity contribution in [1.29, 1.82) is 0 Å². The molecule has 1 N–H and O–H groups in total. The van der Waals surface area contributed by atoms with Crippen LogP contribution in [0.3, 0.4) is 0 Å².